The minimum atomic E-state index is -0.503. The number of aromatic nitrogens is 2. The number of carbonyl (C=O) groups is 1. The van der Waals surface area contributed by atoms with Crippen molar-refractivity contribution in [3.05, 3.63) is 30.3 Å². The number of hydrogen-bond donors (Lipinski definition) is 0. The van der Waals surface area contributed by atoms with E-state index in [0.29, 0.717) is 24.2 Å². The van der Waals surface area contributed by atoms with E-state index in [1.54, 1.807) is 24.1 Å². The topological polar surface area (TPSA) is 64.6 Å². The van der Waals surface area contributed by atoms with Crippen LogP contribution in [0.3, 0.4) is 0 Å². The maximum Gasteiger partial charge on any atom is 0.328 e. The largest absolute Gasteiger partial charge is 0.467 e. The van der Waals surface area contributed by atoms with E-state index in [1.165, 1.54) is 19.5 Å². The predicted octanol–water partition coefficient (Wildman–Crippen LogP) is 1.54. The number of nitrogens with zero attached hydrogens (tertiary/aromatic N) is 3. The number of halogens is 1. The molecule has 116 valence electrons. The van der Waals surface area contributed by atoms with E-state index in [4.69, 9.17) is 9.47 Å². The lowest BCUT2D eigenvalue weighted by Gasteiger charge is -2.24. The monoisotopic (exact) mass is 305 g/mol. The Hall–Kier alpha value is -2.28. The third-order valence-electron chi connectivity index (χ3n) is 3.94. The molecule has 1 aliphatic heterocycles. The maximum absolute atomic E-state index is 13.9. The molecular weight excluding hydrogens is 289 g/mol. The van der Waals surface area contributed by atoms with Crippen LogP contribution in [0.15, 0.2) is 24.5 Å². The van der Waals surface area contributed by atoms with Crippen molar-refractivity contribution in [3.8, 4) is 0 Å². The van der Waals surface area contributed by atoms with Gasteiger partial charge >= 0.3 is 5.97 Å². The van der Waals surface area contributed by atoms with Crippen LogP contribution < -0.4 is 4.90 Å². The van der Waals surface area contributed by atoms with Gasteiger partial charge in [-0.25, -0.2) is 19.2 Å². The molecule has 2 atom stereocenters. The first kappa shape index (κ1) is 14.6. The highest BCUT2D eigenvalue weighted by Gasteiger charge is 2.39. The van der Waals surface area contributed by atoms with Crippen LogP contribution in [0.4, 0.5) is 10.2 Å². The average molecular weight is 305 g/mol. The number of carbonyl (C=O) groups excluding carboxylic acids is 1. The minimum Gasteiger partial charge on any atom is -0.467 e. The highest BCUT2D eigenvalue weighted by molar-refractivity contribution is 5.92. The van der Waals surface area contributed by atoms with E-state index >= 15 is 0 Å². The number of methoxy groups -OCH3 is 2. The molecule has 0 spiro atoms. The predicted molar refractivity (Wildman–Crippen MR) is 78.1 cm³/mol. The van der Waals surface area contributed by atoms with Crippen LogP contribution in [-0.2, 0) is 14.3 Å². The Morgan fingerprint density at radius 2 is 2.18 bits per heavy atom. The summed E-state index contributed by atoms with van der Waals surface area (Å²) in [4.78, 5) is 22.1. The smallest absolute Gasteiger partial charge is 0.328 e. The van der Waals surface area contributed by atoms with Crippen LogP contribution in [0.1, 0.15) is 6.42 Å². The number of rotatable bonds is 3. The normalized spacial score (nSPS) is 21.3. The van der Waals surface area contributed by atoms with Crippen molar-refractivity contribution < 1.29 is 18.7 Å². The number of hydrogen-bond acceptors (Lipinski definition) is 6. The van der Waals surface area contributed by atoms with Gasteiger partial charge in [0.1, 0.15) is 29.5 Å². The van der Waals surface area contributed by atoms with Crippen molar-refractivity contribution in [1.29, 1.82) is 0 Å². The number of para-hydroxylation sites is 1. The van der Waals surface area contributed by atoms with Gasteiger partial charge in [0.25, 0.3) is 0 Å². The molecule has 1 aliphatic rings. The van der Waals surface area contributed by atoms with Gasteiger partial charge in [0.2, 0.25) is 0 Å². The Kier molecular flexibility index (Phi) is 3.89. The van der Waals surface area contributed by atoms with E-state index in [9.17, 15) is 9.18 Å². The lowest BCUT2D eigenvalue weighted by molar-refractivity contribution is -0.142. The SMILES string of the molecule is COC(=O)C1CC(OC)CN1c1ncnc2c(F)cccc12. The summed E-state index contributed by atoms with van der Waals surface area (Å²) in [6.07, 6.45) is 1.70. The van der Waals surface area contributed by atoms with Gasteiger partial charge in [-0.3, -0.25) is 0 Å². The summed E-state index contributed by atoms with van der Waals surface area (Å²) in [6.45, 7) is 0.485. The van der Waals surface area contributed by atoms with Gasteiger partial charge in [0, 0.05) is 25.5 Å². The molecule has 0 aliphatic carbocycles. The highest BCUT2D eigenvalue weighted by Crippen LogP contribution is 2.31. The van der Waals surface area contributed by atoms with Crippen molar-refractivity contribution in [3.63, 3.8) is 0 Å². The Bertz CT molecular complexity index is 709. The molecule has 0 amide bonds. The van der Waals surface area contributed by atoms with Crippen molar-refractivity contribution >= 4 is 22.7 Å². The van der Waals surface area contributed by atoms with Crippen molar-refractivity contribution in [1.82, 2.24) is 9.97 Å². The molecule has 0 radical (unpaired) electrons. The molecule has 1 saturated heterocycles. The van der Waals surface area contributed by atoms with E-state index in [1.807, 2.05) is 0 Å². The van der Waals surface area contributed by atoms with Gasteiger partial charge in [-0.1, -0.05) is 6.07 Å². The lowest BCUT2D eigenvalue weighted by atomic mass is 10.2. The number of fused-ring (bicyclic) bond motifs is 1. The summed E-state index contributed by atoms with van der Waals surface area (Å²) < 4.78 is 24.1. The molecule has 0 bridgehead atoms. The number of benzene rings is 1. The summed E-state index contributed by atoms with van der Waals surface area (Å²) >= 11 is 0. The Labute approximate surface area is 126 Å². The van der Waals surface area contributed by atoms with Crippen molar-refractivity contribution in [2.45, 2.75) is 18.6 Å². The zero-order valence-corrected chi connectivity index (χ0v) is 12.3. The number of anilines is 1. The van der Waals surface area contributed by atoms with E-state index < -0.39 is 11.9 Å². The third-order valence-corrected chi connectivity index (χ3v) is 3.94. The molecule has 22 heavy (non-hydrogen) atoms. The lowest BCUT2D eigenvalue weighted by Crippen LogP contribution is -2.37. The summed E-state index contributed by atoms with van der Waals surface area (Å²) in [6, 6.07) is 4.18. The van der Waals surface area contributed by atoms with Gasteiger partial charge < -0.3 is 14.4 Å². The second-order valence-corrected chi connectivity index (χ2v) is 5.12. The van der Waals surface area contributed by atoms with Crippen LogP contribution in [-0.4, -0.2) is 48.8 Å². The Balaban J connectivity index is 2.09. The second kappa shape index (κ2) is 5.84. The molecule has 1 fully saturated rings. The molecule has 2 aromatic rings. The van der Waals surface area contributed by atoms with Crippen LogP contribution in [0, 0.1) is 5.82 Å². The van der Waals surface area contributed by atoms with Gasteiger partial charge in [-0.2, -0.15) is 0 Å². The molecule has 1 aromatic heterocycles. The van der Waals surface area contributed by atoms with Crippen LogP contribution in [0.5, 0.6) is 0 Å². The standard InChI is InChI=1S/C15H16FN3O3/c1-21-9-6-12(15(20)22-2)19(7-9)14-10-4-3-5-11(16)13(10)17-8-18-14/h3-5,8-9,12H,6-7H2,1-2H3. The fourth-order valence-electron chi connectivity index (χ4n) is 2.83. The summed E-state index contributed by atoms with van der Waals surface area (Å²) in [5, 5.41) is 0.563. The Morgan fingerprint density at radius 3 is 2.91 bits per heavy atom. The first-order valence-corrected chi connectivity index (χ1v) is 6.92. The summed E-state index contributed by atoms with van der Waals surface area (Å²) in [5.74, 6) is -0.263. The molecule has 0 N–H and O–H groups in total. The summed E-state index contributed by atoms with van der Waals surface area (Å²) in [5.41, 5.74) is 0.233. The van der Waals surface area contributed by atoms with Gasteiger partial charge in [-0.15, -0.1) is 0 Å². The molecule has 0 saturated carbocycles. The molecule has 6 nitrogen and oxygen atoms in total. The van der Waals surface area contributed by atoms with E-state index in [2.05, 4.69) is 9.97 Å². The third kappa shape index (κ3) is 2.37. The summed E-state index contributed by atoms with van der Waals surface area (Å²) in [7, 11) is 2.94. The number of esters is 1. The van der Waals surface area contributed by atoms with Crippen molar-refractivity contribution in [2.24, 2.45) is 0 Å². The van der Waals surface area contributed by atoms with Gasteiger partial charge in [0.15, 0.2) is 0 Å². The van der Waals surface area contributed by atoms with Gasteiger partial charge in [-0.05, 0) is 12.1 Å². The molecular formula is C15H16FN3O3. The molecule has 2 heterocycles. The maximum atomic E-state index is 13.9. The molecule has 1 aromatic carbocycles. The second-order valence-electron chi connectivity index (χ2n) is 5.12. The quantitative estimate of drug-likeness (QED) is 0.801. The molecule has 7 heteroatoms. The van der Waals surface area contributed by atoms with Crippen LogP contribution in [0.2, 0.25) is 0 Å². The average Bonchev–Trinajstić information content (AvgIpc) is 2.98. The molecule has 2 unspecified atom stereocenters. The van der Waals surface area contributed by atoms with E-state index in [0.717, 1.165) is 0 Å². The first-order valence-electron chi connectivity index (χ1n) is 6.92. The van der Waals surface area contributed by atoms with Crippen molar-refractivity contribution in [2.75, 3.05) is 25.7 Å². The number of ether oxygens (including phenoxy) is 2. The molecule has 3 rings (SSSR count). The van der Waals surface area contributed by atoms with E-state index in [-0.39, 0.29) is 17.6 Å². The van der Waals surface area contributed by atoms with Crippen LogP contribution >= 0.6 is 0 Å². The minimum absolute atomic E-state index is 0.109. The fraction of sp³-hybridized carbons (Fsp3) is 0.400. The van der Waals surface area contributed by atoms with Gasteiger partial charge in [0.05, 0.1) is 13.2 Å². The zero-order valence-electron chi connectivity index (χ0n) is 12.3. The fourth-order valence-corrected chi connectivity index (χ4v) is 2.83. The van der Waals surface area contributed by atoms with Crippen LogP contribution in [0.25, 0.3) is 10.9 Å². The first-order chi connectivity index (χ1) is 10.7. The zero-order chi connectivity index (χ0) is 15.7. The highest BCUT2D eigenvalue weighted by atomic mass is 19.1. The Morgan fingerprint density at radius 1 is 1.36 bits per heavy atom.